The van der Waals surface area contributed by atoms with Gasteiger partial charge in [-0.15, -0.1) is 0 Å². The minimum atomic E-state index is -3.67. The molecule has 8 heteroatoms. The molecular weight excluding hydrogens is 294 g/mol. The molecule has 1 aromatic rings. The molecule has 0 heterocycles. The number of anilines is 1. The van der Waals surface area contributed by atoms with Crippen molar-refractivity contribution in [3.05, 3.63) is 28.3 Å². The van der Waals surface area contributed by atoms with Crippen LogP contribution >= 0.6 is 0 Å². The summed E-state index contributed by atoms with van der Waals surface area (Å²) in [6.07, 6.45) is 4.38. The van der Waals surface area contributed by atoms with Gasteiger partial charge in [0.15, 0.2) is 0 Å². The monoisotopic (exact) mass is 313 g/mol. The lowest BCUT2D eigenvalue weighted by molar-refractivity contribution is -0.384. The van der Waals surface area contributed by atoms with E-state index in [2.05, 4.69) is 10.0 Å². The van der Waals surface area contributed by atoms with Crippen LogP contribution in [0.15, 0.2) is 23.1 Å². The first-order chi connectivity index (χ1) is 9.94. The molecule has 0 amide bonds. The largest absolute Gasteiger partial charge is 0.387 e. The van der Waals surface area contributed by atoms with Crippen LogP contribution in [0.1, 0.15) is 25.7 Å². The molecule has 1 fully saturated rings. The minimum absolute atomic E-state index is 0.0357. The van der Waals surface area contributed by atoms with Crippen LogP contribution in [0, 0.1) is 16.0 Å². The summed E-state index contributed by atoms with van der Waals surface area (Å²) in [4.78, 5) is 10.2. The standard InChI is InChI=1S/C13H19N3O4S/c1-14-12-8-11(16(17)18)6-7-13(12)21(19,20)15-9-10-4-2-3-5-10/h6-8,10,14-15H,2-5,9H2,1H3. The molecule has 1 saturated carbocycles. The van der Waals surface area contributed by atoms with Crippen LogP contribution in [0.4, 0.5) is 11.4 Å². The second-order valence-electron chi connectivity index (χ2n) is 5.19. The second-order valence-corrected chi connectivity index (χ2v) is 6.93. The van der Waals surface area contributed by atoms with Gasteiger partial charge >= 0.3 is 0 Å². The highest BCUT2D eigenvalue weighted by molar-refractivity contribution is 7.89. The highest BCUT2D eigenvalue weighted by Crippen LogP contribution is 2.27. The number of hydrogen-bond donors (Lipinski definition) is 2. The van der Waals surface area contributed by atoms with E-state index in [0.717, 1.165) is 25.7 Å². The molecule has 0 aromatic heterocycles. The predicted octanol–water partition coefficient (Wildman–Crippen LogP) is 2.10. The van der Waals surface area contributed by atoms with E-state index in [1.165, 1.54) is 25.2 Å². The number of nitrogens with one attached hydrogen (secondary N) is 2. The van der Waals surface area contributed by atoms with E-state index in [0.29, 0.717) is 12.5 Å². The van der Waals surface area contributed by atoms with Crippen LogP contribution in [-0.2, 0) is 10.0 Å². The average molecular weight is 313 g/mol. The number of nitro benzene ring substituents is 1. The van der Waals surface area contributed by atoms with E-state index in [4.69, 9.17) is 0 Å². The summed E-state index contributed by atoms with van der Waals surface area (Å²) < 4.78 is 27.3. The average Bonchev–Trinajstić information content (AvgIpc) is 2.97. The second kappa shape index (κ2) is 6.40. The minimum Gasteiger partial charge on any atom is -0.387 e. The summed E-state index contributed by atoms with van der Waals surface area (Å²) in [5.74, 6) is 0.385. The summed E-state index contributed by atoms with van der Waals surface area (Å²) in [7, 11) is -2.13. The first-order valence-electron chi connectivity index (χ1n) is 6.90. The fourth-order valence-corrected chi connectivity index (χ4v) is 3.89. The SMILES string of the molecule is CNc1cc([N+](=O)[O-])ccc1S(=O)(=O)NCC1CCCC1. The smallest absolute Gasteiger partial charge is 0.271 e. The molecule has 0 aliphatic heterocycles. The van der Waals surface area contributed by atoms with Crippen LogP contribution < -0.4 is 10.0 Å². The molecule has 0 unspecified atom stereocenters. The van der Waals surface area contributed by atoms with Crippen LogP contribution in [0.2, 0.25) is 0 Å². The van der Waals surface area contributed by atoms with Gasteiger partial charge in [0, 0.05) is 25.7 Å². The van der Waals surface area contributed by atoms with Gasteiger partial charge in [-0.1, -0.05) is 12.8 Å². The first-order valence-corrected chi connectivity index (χ1v) is 8.38. The molecule has 1 aromatic carbocycles. The summed E-state index contributed by atoms with van der Waals surface area (Å²) in [6.45, 7) is 0.419. The number of nitrogens with zero attached hydrogens (tertiary/aromatic N) is 1. The number of rotatable bonds is 6. The van der Waals surface area contributed by atoms with Crippen LogP contribution in [0.5, 0.6) is 0 Å². The van der Waals surface area contributed by atoms with Crippen molar-refractivity contribution in [3.63, 3.8) is 0 Å². The van der Waals surface area contributed by atoms with Gasteiger partial charge in [-0.3, -0.25) is 10.1 Å². The van der Waals surface area contributed by atoms with Crippen molar-refractivity contribution >= 4 is 21.4 Å². The number of benzene rings is 1. The molecule has 2 N–H and O–H groups in total. The van der Waals surface area contributed by atoms with E-state index in [1.807, 2.05) is 0 Å². The van der Waals surface area contributed by atoms with Crippen molar-refractivity contribution < 1.29 is 13.3 Å². The highest BCUT2D eigenvalue weighted by Gasteiger charge is 2.23. The summed E-state index contributed by atoms with van der Waals surface area (Å²) in [6, 6.07) is 3.69. The Hall–Kier alpha value is -1.67. The van der Waals surface area contributed by atoms with Crippen molar-refractivity contribution in [1.82, 2.24) is 4.72 Å². The number of hydrogen-bond acceptors (Lipinski definition) is 5. The Morgan fingerprint density at radius 3 is 2.57 bits per heavy atom. The van der Waals surface area contributed by atoms with Gasteiger partial charge in [-0.2, -0.15) is 0 Å². The van der Waals surface area contributed by atoms with Crippen molar-refractivity contribution in [2.45, 2.75) is 30.6 Å². The normalized spacial score (nSPS) is 16.0. The van der Waals surface area contributed by atoms with E-state index < -0.39 is 14.9 Å². The molecule has 21 heavy (non-hydrogen) atoms. The summed E-state index contributed by atoms with van der Waals surface area (Å²) in [5.41, 5.74) is 0.0808. The summed E-state index contributed by atoms with van der Waals surface area (Å²) >= 11 is 0. The maximum absolute atomic E-state index is 12.3. The Bertz CT molecular complexity index is 624. The highest BCUT2D eigenvalue weighted by atomic mass is 32.2. The van der Waals surface area contributed by atoms with Gasteiger partial charge in [-0.25, -0.2) is 13.1 Å². The van der Waals surface area contributed by atoms with E-state index >= 15 is 0 Å². The van der Waals surface area contributed by atoms with Gasteiger partial charge in [0.25, 0.3) is 5.69 Å². The molecule has 0 bridgehead atoms. The van der Waals surface area contributed by atoms with Crippen molar-refractivity contribution in [2.24, 2.45) is 5.92 Å². The quantitative estimate of drug-likeness (QED) is 0.618. The van der Waals surface area contributed by atoms with Gasteiger partial charge in [0.2, 0.25) is 10.0 Å². The molecule has 1 aliphatic carbocycles. The molecular formula is C13H19N3O4S. The maximum atomic E-state index is 12.3. The number of non-ortho nitro benzene ring substituents is 1. The lowest BCUT2D eigenvalue weighted by atomic mass is 10.1. The molecule has 0 radical (unpaired) electrons. The van der Waals surface area contributed by atoms with Crippen molar-refractivity contribution in [3.8, 4) is 0 Å². The fraction of sp³-hybridized carbons (Fsp3) is 0.538. The zero-order valence-corrected chi connectivity index (χ0v) is 12.6. The Morgan fingerprint density at radius 1 is 1.33 bits per heavy atom. The fourth-order valence-electron chi connectivity index (χ4n) is 2.58. The zero-order chi connectivity index (χ0) is 15.5. The maximum Gasteiger partial charge on any atom is 0.271 e. The number of sulfonamides is 1. The Kier molecular flexibility index (Phi) is 4.79. The van der Waals surface area contributed by atoms with Gasteiger partial charge in [0.1, 0.15) is 4.90 Å². The number of nitro groups is 1. The Balaban J connectivity index is 2.20. The Labute approximate surface area is 123 Å². The predicted molar refractivity (Wildman–Crippen MR) is 79.8 cm³/mol. The van der Waals surface area contributed by atoms with E-state index in [1.54, 1.807) is 0 Å². The third-order valence-electron chi connectivity index (χ3n) is 3.77. The van der Waals surface area contributed by atoms with Gasteiger partial charge < -0.3 is 5.32 Å². The zero-order valence-electron chi connectivity index (χ0n) is 11.8. The first kappa shape index (κ1) is 15.7. The van der Waals surface area contributed by atoms with Crippen LogP contribution in [0.3, 0.4) is 0 Å². The lowest BCUT2D eigenvalue weighted by Crippen LogP contribution is -2.29. The Morgan fingerprint density at radius 2 is 2.00 bits per heavy atom. The van der Waals surface area contributed by atoms with Gasteiger partial charge in [0.05, 0.1) is 10.6 Å². The lowest BCUT2D eigenvalue weighted by Gasteiger charge is -2.13. The topological polar surface area (TPSA) is 101 Å². The molecule has 2 rings (SSSR count). The van der Waals surface area contributed by atoms with Crippen LogP contribution in [0.25, 0.3) is 0 Å². The third-order valence-corrected chi connectivity index (χ3v) is 5.25. The molecule has 1 aliphatic rings. The van der Waals surface area contributed by atoms with E-state index in [-0.39, 0.29) is 16.3 Å². The van der Waals surface area contributed by atoms with E-state index in [9.17, 15) is 18.5 Å². The molecule has 7 nitrogen and oxygen atoms in total. The molecule has 116 valence electrons. The molecule has 0 saturated heterocycles. The van der Waals surface area contributed by atoms with Crippen molar-refractivity contribution in [1.29, 1.82) is 0 Å². The summed E-state index contributed by atoms with van der Waals surface area (Å²) in [5, 5.41) is 13.4. The van der Waals surface area contributed by atoms with Gasteiger partial charge in [-0.05, 0) is 24.8 Å². The van der Waals surface area contributed by atoms with Crippen molar-refractivity contribution in [2.75, 3.05) is 18.9 Å². The third kappa shape index (κ3) is 3.70. The molecule has 0 atom stereocenters. The molecule has 0 spiro atoms. The van der Waals surface area contributed by atoms with Crippen LogP contribution in [-0.4, -0.2) is 26.9 Å².